The van der Waals surface area contributed by atoms with Gasteiger partial charge in [-0.3, -0.25) is 9.69 Å². The molecule has 3 rings (SSSR count). The molecule has 2 fully saturated rings. The number of likely N-dealkylation sites (tertiary alicyclic amines) is 2. The monoisotopic (exact) mass is 330 g/mol. The van der Waals surface area contributed by atoms with Gasteiger partial charge in [-0.1, -0.05) is 12.1 Å². The van der Waals surface area contributed by atoms with Crippen LogP contribution in [0.1, 0.15) is 52.0 Å². The van der Waals surface area contributed by atoms with Crippen molar-refractivity contribution in [3.8, 4) is 5.75 Å². The molecule has 0 aromatic heterocycles. The van der Waals surface area contributed by atoms with Crippen LogP contribution in [0.25, 0.3) is 0 Å². The minimum atomic E-state index is 0.197. The predicted molar refractivity (Wildman–Crippen MR) is 96.0 cm³/mol. The Morgan fingerprint density at radius 1 is 1.21 bits per heavy atom. The second-order valence-electron chi connectivity index (χ2n) is 7.42. The molecule has 2 atom stereocenters. The zero-order chi connectivity index (χ0) is 17.1. The van der Waals surface area contributed by atoms with Gasteiger partial charge in [0.1, 0.15) is 5.75 Å². The van der Waals surface area contributed by atoms with Crippen molar-refractivity contribution in [1.29, 1.82) is 0 Å². The van der Waals surface area contributed by atoms with Crippen LogP contribution in [0.5, 0.6) is 5.75 Å². The van der Waals surface area contributed by atoms with Crippen LogP contribution in [-0.4, -0.2) is 47.0 Å². The molecule has 4 heteroatoms. The summed E-state index contributed by atoms with van der Waals surface area (Å²) in [5.74, 6) is 1.18. The number of carbonyl (C=O) groups is 1. The number of hydrogen-bond acceptors (Lipinski definition) is 3. The van der Waals surface area contributed by atoms with Gasteiger partial charge in [-0.2, -0.15) is 0 Å². The molecule has 2 aliphatic heterocycles. The highest BCUT2D eigenvalue weighted by atomic mass is 16.5. The molecule has 2 heterocycles. The van der Waals surface area contributed by atoms with Crippen LogP contribution in [-0.2, 0) is 11.3 Å². The van der Waals surface area contributed by atoms with E-state index in [9.17, 15) is 4.79 Å². The summed E-state index contributed by atoms with van der Waals surface area (Å²) >= 11 is 0. The molecule has 24 heavy (non-hydrogen) atoms. The number of nitrogens with zero attached hydrogens (tertiary/aromatic N) is 2. The third-order valence-corrected chi connectivity index (χ3v) is 5.22. The van der Waals surface area contributed by atoms with E-state index in [0.29, 0.717) is 12.1 Å². The second-order valence-corrected chi connectivity index (χ2v) is 7.42. The molecule has 0 aliphatic carbocycles. The van der Waals surface area contributed by atoms with Crippen molar-refractivity contribution in [2.24, 2.45) is 0 Å². The lowest BCUT2D eigenvalue weighted by molar-refractivity contribution is -0.130. The third kappa shape index (κ3) is 3.92. The SMILES string of the molecule is CC(=O)N1CCC[C@@H]1[C@@H]1CCCN1Cc1cccc(OC(C)C)c1. The molecule has 0 spiro atoms. The van der Waals surface area contributed by atoms with E-state index in [1.54, 1.807) is 6.92 Å². The van der Waals surface area contributed by atoms with E-state index in [-0.39, 0.29) is 12.0 Å². The standard InChI is InChI=1S/C20H30N2O2/c1-15(2)24-18-8-4-7-17(13-18)14-21-11-5-9-19(21)20-10-6-12-22(20)16(3)23/h4,7-8,13,15,19-20H,5-6,9-12,14H2,1-3H3/t19-,20+/m0/s1. The summed E-state index contributed by atoms with van der Waals surface area (Å²) < 4.78 is 5.82. The maximum atomic E-state index is 11.9. The Labute approximate surface area is 145 Å². The van der Waals surface area contributed by atoms with E-state index >= 15 is 0 Å². The quantitative estimate of drug-likeness (QED) is 0.829. The molecule has 1 aromatic rings. The number of ether oxygens (including phenoxy) is 1. The minimum absolute atomic E-state index is 0.197. The van der Waals surface area contributed by atoms with Crippen LogP contribution < -0.4 is 4.74 Å². The average Bonchev–Trinajstić information content (AvgIpc) is 3.15. The topological polar surface area (TPSA) is 32.8 Å². The molecular formula is C20H30N2O2. The van der Waals surface area contributed by atoms with Gasteiger partial charge in [-0.05, 0) is 63.8 Å². The first-order valence-electron chi connectivity index (χ1n) is 9.31. The molecule has 0 unspecified atom stereocenters. The zero-order valence-corrected chi connectivity index (χ0v) is 15.2. The predicted octanol–water partition coefficient (Wildman–Crippen LogP) is 3.45. The maximum absolute atomic E-state index is 11.9. The Bertz CT molecular complexity index is 573. The second kappa shape index (κ2) is 7.56. The smallest absolute Gasteiger partial charge is 0.219 e. The van der Waals surface area contributed by atoms with Crippen LogP contribution in [0.15, 0.2) is 24.3 Å². The molecule has 2 saturated heterocycles. The van der Waals surface area contributed by atoms with Gasteiger partial charge in [0.25, 0.3) is 0 Å². The molecular weight excluding hydrogens is 300 g/mol. The first kappa shape index (κ1) is 17.3. The number of rotatable bonds is 5. The summed E-state index contributed by atoms with van der Waals surface area (Å²) in [6.07, 6.45) is 4.93. The Morgan fingerprint density at radius 3 is 2.71 bits per heavy atom. The summed E-state index contributed by atoms with van der Waals surface area (Å²) in [4.78, 5) is 16.6. The van der Waals surface area contributed by atoms with Gasteiger partial charge < -0.3 is 9.64 Å². The molecule has 0 N–H and O–H groups in total. The summed E-state index contributed by atoms with van der Waals surface area (Å²) in [6, 6.07) is 9.35. The fourth-order valence-corrected chi connectivity index (χ4v) is 4.29. The molecule has 1 amide bonds. The van der Waals surface area contributed by atoms with Gasteiger partial charge >= 0.3 is 0 Å². The van der Waals surface area contributed by atoms with Crippen LogP contribution in [0, 0.1) is 0 Å². The van der Waals surface area contributed by atoms with Crippen molar-refractivity contribution in [2.75, 3.05) is 13.1 Å². The first-order chi connectivity index (χ1) is 11.5. The van der Waals surface area contributed by atoms with E-state index < -0.39 is 0 Å². The molecule has 4 nitrogen and oxygen atoms in total. The fourth-order valence-electron chi connectivity index (χ4n) is 4.29. The highest BCUT2D eigenvalue weighted by molar-refractivity contribution is 5.74. The molecule has 0 radical (unpaired) electrons. The van der Waals surface area contributed by atoms with E-state index in [1.807, 2.05) is 6.07 Å². The summed E-state index contributed by atoms with van der Waals surface area (Å²) in [5, 5.41) is 0. The molecule has 2 aliphatic rings. The van der Waals surface area contributed by atoms with Crippen molar-refractivity contribution in [2.45, 2.75) is 71.2 Å². The van der Waals surface area contributed by atoms with Gasteiger partial charge in [0.05, 0.1) is 6.10 Å². The highest BCUT2D eigenvalue weighted by Gasteiger charge is 2.38. The summed E-state index contributed by atoms with van der Waals surface area (Å²) in [5.41, 5.74) is 1.30. The maximum Gasteiger partial charge on any atom is 0.219 e. The van der Waals surface area contributed by atoms with Gasteiger partial charge in [0.15, 0.2) is 0 Å². The van der Waals surface area contributed by atoms with Crippen molar-refractivity contribution in [1.82, 2.24) is 9.80 Å². The largest absolute Gasteiger partial charge is 0.491 e. The minimum Gasteiger partial charge on any atom is -0.491 e. The van der Waals surface area contributed by atoms with E-state index in [0.717, 1.165) is 38.2 Å². The van der Waals surface area contributed by atoms with Crippen LogP contribution in [0.4, 0.5) is 0 Å². The Hall–Kier alpha value is -1.55. The lowest BCUT2D eigenvalue weighted by atomic mass is 10.0. The van der Waals surface area contributed by atoms with Crippen molar-refractivity contribution in [3.05, 3.63) is 29.8 Å². The van der Waals surface area contributed by atoms with Gasteiger partial charge in [0.2, 0.25) is 5.91 Å². The van der Waals surface area contributed by atoms with Crippen molar-refractivity contribution < 1.29 is 9.53 Å². The average molecular weight is 330 g/mol. The van der Waals surface area contributed by atoms with Gasteiger partial charge in [0, 0.05) is 32.1 Å². The lowest BCUT2D eigenvalue weighted by Crippen LogP contribution is -2.47. The molecule has 132 valence electrons. The Morgan fingerprint density at radius 2 is 1.96 bits per heavy atom. The van der Waals surface area contributed by atoms with Gasteiger partial charge in [-0.15, -0.1) is 0 Å². The molecule has 0 bridgehead atoms. The van der Waals surface area contributed by atoms with Crippen LogP contribution in [0.2, 0.25) is 0 Å². The Kier molecular flexibility index (Phi) is 5.44. The molecule has 0 saturated carbocycles. The number of benzene rings is 1. The zero-order valence-electron chi connectivity index (χ0n) is 15.2. The number of carbonyl (C=O) groups excluding carboxylic acids is 1. The molecule has 1 aromatic carbocycles. The normalized spacial score (nSPS) is 24.8. The number of amides is 1. The lowest BCUT2D eigenvalue weighted by Gasteiger charge is -2.34. The van der Waals surface area contributed by atoms with Crippen LogP contribution >= 0.6 is 0 Å². The van der Waals surface area contributed by atoms with E-state index in [2.05, 4.69) is 41.8 Å². The summed E-state index contributed by atoms with van der Waals surface area (Å²) in [7, 11) is 0. The van der Waals surface area contributed by atoms with Gasteiger partial charge in [-0.25, -0.2) is 0 Å². The van der Waals surface area contributed by atoms with E-state index in [1.165, 1.54) is 18.4 Å². The van der Waals surface area contributed by atoms with Crippen LogP contribution in [0.3, 0.4) is 0 Å². The fraction of sp³-hybridized carbons (Fsp3) is 0.650. The van der Waals surface area contributed by atoms with Crippen molar-refractivity contribution >= 4 is 5.91 Å². The van der Waals surface area contributed by atoms with Crippen molar-refractivity contribution in [3.63, 3.8) is 0 Å². The third-order valence-electron chi connectivity index (χ3n) is 5.22. The first-order valence-corrected chi connectivity index (χ1v) is 9.31. The van der Waals surface area contributed by atoms with E-state index in [4.69, 9.17) is 4.74 Å². The number of hydrogen-bond donors (Lipinski definition) is 0. The Balaban J connectivity index is 1.69. The summed E-state index contributed by atoms with van der Waals surface area (Å²) in [6.45, 7) is 8.83. The highest BCUT2D eigenvalue weighted by Crippen LogP contribution is 2.31.